The van der Waals surface area contributed by atoms with Gasteiger partial charge in [-0.1, -0.05) is 25.6 Å². The number of hydrogen-bond donors (Lipinski definition) is 0. The van der Waals surface area contributed by atoms with Gasteiger partial charge in [0.05, 0.1) is 6.61 Å². The largest absolute Gasteiger partial charge is 0.479 e. The minimum absolute atomic E-state index is 0.111. The number of thiocarbonyl (C=S) groups is 1. The zero-order valence-corrected chi connectivity index (χ0v) is 20.2. The van der Waals surface area contributed by atoms with Crippen LogP contribution in [0.15, 0.2) is 0 Å². The zero-order valence-electron chi connectivity index (χ0n) is 18.6. The second kappa shape index (κ2) is 8.33. The summed E-state index contributed by atoms with van der Waals surface area (Å²) >= 11 is 7.33. The Hall–Kier alpha value is -0.290. The third-order valence-electron chi connectivity index (χ3n) is 9.36. The Morgan fingerprint density at radius 2 is 1.76 bits per heavy atom. The van der Waals surface area contributed by atoms with Crippen LogP contribution in [0.3, 0.4) is 0 Å². The predicted molar refractivity (Wildman–Crippen MR) is 123 cm³/mol. The quantitative estimate of drug-likeness (QED) is 0.377. The molecule has 3 nitrogen and oxygen atoms in total. The van der Waals surface area contributed by atoms with Crippen molar-refractivity contribution in [2.24, 2.45) is 34.5 Å². The smallest absolute Gasteiger partial charge is 0.302 e. The molecule has 0 N–H and O–H groups in total. The third-order valence-corrected chi connectivity index (χ3v) is 11.1. The van der Waals surface area contributed by atoms with Gasteiger partial charge < -0.3 is 9.47 Å². The molecule has 4 fully saturated rings. The average molecular weight is 439 g/mol. The Balaban J connectivity index is 1.47. The van der Waals surface area contributed by atoms with Crippen LogP contribution >= 0.6 is 24.0 Å². The molecule has 4 rings (SSSR count). The first-order valence-electron chi connectivity index (χ1n) is 11.8. The highest BCUT2D eigenvalue weighted by molar-refractivity contribution is 8.23. The molecule has 4 aliphatic rings. The second-order valence-electron chi connectivity index (χ2n) is 10.6. The van der Waals surface area contributed by atoms with Crippen molar-refractivity contribution in [2.45, 2.75) is 96.8 Å². The van der Waals surface area contributed by atoms with Crippen molar-refractivity contribution in [3.63, 3.8) is 0 Å². The Bertz CT molecular complexity index is 652. The second-order valence-corrected chi connectivity index (χ2v) is 12.4. The van der Waals surface area contributed by atoms with E-state index in [-0.39, 0.29) is 12.1 Å². The fourth-order valence-electron chi connectivity index (χ4n) is 7.97. The van der Waals surface area contributed by atoms with Crippen molar-refractivity contribution in [1.82, 2.24) is 0 Å². The van der Waals surface area contributed by atoms with E-state index in [2.05, 4.69) is 13.8 Å². The maximum absolute atomic E-state index is 11.4. The molecular formula is C24H38O3S2. The van der Waals surface area contributed by atoms with Gasteiger partial charge in [0.25, 0.3) is 0 Å². The summed E-state index contributed by atoms with van der Waals surface area (Å²) in [6, 6.07) is 0. The molecule has 29 heavy (non-hydrogen) atoms. The van der Waals surface area contributed by atoms with Crippen molar-refractivity contribution in [3.05, 3.63) is 0 Å². The van der Waals surface area contributed by atoms with E-state index in [0.29, 0.717) is 22.7 Å². The first-order valence-corrected chi connectivity index (χ1v) is 13.1. The van der Waals surface area contributed by atoms with Crippen LogP contribution in [0.1, 0.15) is 85.5 Å². The zero-order chi connectivity index (χ0) is 20.8. The van der Waals surface area contributed by atoms with Gasteiger partial charge >= 0.3 is 5.97 Å². The topological polar surface area (TPSA) is 35.5 Å². The summed E-state index contributed by atoms with van der Waals surface area (Å²) in [5.41, 5.74) is 0.845. The van der Waals surface area contributed by atoms with Gasteiger partial charge in [-0.15, -0.1) is 0 Å². The molecule has 0 spiro atoms. The molecule has 8 atom stereocenters. The van der Waals surface area contributed by atoms with Crippen molar-refractivity contribution < 1.29 is 14.3 Å². The van der Waals surface area contributed by atoms with E-state index in [1.54, 1.807) is 6.92 Å². The standard InChI is InChI=1S/C24H38O3S2/c1-5-26-22(28)29-21-9-8-19-18-7-6-16-14-17(27-15(2)25)10-12-23(16,3)20(18)11-13-24(19,21)4/h16-21H,5-14H2,1-4H3/t16-,17-,18-,19-,20-,21+,23-,24-/m0/s1. The highest BCUT2D eigenvalue weighted by Gasteiger charge is 2.60. The summed E-state index contributed by atoms with van der Waals surface area (Å²) in [5.74, 6) is 3.17. The van der Waals surface area contributed by atoms with Crippen LogP contribution in [0, 0.1) is 34.5 Å². The highest BCUT2D eigenvalue weighted by atomic mass is 32.2. The van der Waals surface area contributed by atoms with Crippen molar-refractivity contribution in [2.75, 3.05) is 6.61 Å². The lowest BCUT2D eigenvalue weighted by Crippen LogP contribution is -2.54. The first kappa shape index (κ1) is 21.9. The van der Waals surface area contributed by atoms with E-state index < -0.39 is 0 Å². The first-order chi connectivity index (χ1) is 13.8. The molecule has 0 aromatic carbocycles. The fourth-order valence-corrected chi connectivity index (χ4v) is 9.67. The van der Waals surface area contributed by atoms with Gasteiger partial charge in [-0.2, -0.15) is 0 Å². The molecule has 4 saturated carbocycles. The number of carbonyl (C=O) groups is 1. The van der Waals surface area contributed by atoms with E-state index in [1.807, 2.05) is 18.7 Å². The van der Waals surface area contributed by atoms with Gasteiger partial charge in [0.1, 0.15) is 6.10 Å². The van der Waals surface area contributed by atoms with E-state index >= 15 is 0 Å². The summed E-state index contributed by atoms with van der Waals surface area (Å²) in [7, 11) is 0. The molecule has 0 aromatic heterocycles. The summed E-state index contributed by atoms with van der Waals surface area (Å²) in [4.78, 5) is 11.4. The summed E-state index contributed by atoms with van der Waals surface area (Å²) in [6.07, 6.45) is 11.6. The molecule has 0 radical (unpaired) electrons. The Morgan fingerprint density at radius 3 is 2.48 bits per heavy atom. The normalized spacial score (nSPS) is 46.2. The van der Waals surface area contributed by atoms with Gasteiger partial charge in [0.15, 0.2) is 0 Å². The van der Waals surface area contributed by atoms with E-state index in [4.69, 9.17) is 21.7 Å². The van der Waals surface area contributed by atoms with Crippen molar-refractivity contribution in [1.29, 1.82) is 0 Å². The number of hydrogen-bond acceptors (Lipinski definition) is 5. The summed E-state index contributed by atoms with van der Waals surface area (Å²) in [6.45, 7) is 9.38. The molecule has 0 aromatic rings. The maximum atomic E-state index is 11.4. The van der Waals surface area contributed by atoms with Crippen molar-refractivity contribution >= 4 is 34.3 Å². The number of ether oxygens (including phenoxy) is 2. The lowest BCUT2D eigenvalue weighted by atomic mass is 9.45. The summed E-state index contributed by atoms with van der Waals surface area (Å²) < 4.78 is 12.0. The van der Waals surface area contributed by atoms with Crippen LogP contribution in [0.4, 0.5) is 0 Å². The van der Waals surface area contributed by atoms with Crippen LogP contribution in [-0.2, 0) is 14.3 Å². The number of esters is 1. The molecule has 0 amide bonds. The number of rotatable bonds is 3. The van der Waals surface area contributed by atoms with E-state index in [9.17, 15) is 4.79 Å². The Kier molecular flexibility index (Phi) is 6.30. The molecule has 0 saturated heterocycles. The number of thioether (sulfide) groups is 1. The molecule has 0 aliphatic heterocycles. The minimum Gasteiger partial charge on any atom is -0.479 e. The predicted octanol–water partition coefficient (Wildman–Crippen LogP) is 6.38. The number of carbonyl (C=O) groups excluding carboxylic acids is 1. The van der Waals surface area contributed by atoms with Gasteiger partial charge in [0, 0.05) is 12.2 Å². The van der Waals surface area contributed by atoms with Gasteiger partial charge in [0.2, 0.25) is 4.38 Å². The average Bonchev–Trinajstić information content (AvgIpc) is 2.98. The Labute approximate surface area is 186 Å². The highest BCUT2D eigenvalue weighted by Crippen LogP contribution is 2.67. The van der Waals surface area contributed by atoms with Crippen molar-refractivity contribution in [3.8, 4) is 0 Å². The van der Waals surface area contributed by atoms with Crippen LogP contribution in [-0.4, -0.2) is 28.3 Å². The third kappa shape index (κ3) is 3.88. The van der Waals surface area contributed by atoms with E-state index in [0.717, 1.165) is 40.9 Å². The van der Waals surface area contributed by atoms with Gasteiger partial charge in [-0.3, -0.25) is 4.79 Å². The minimum atomic E-state index is -0.111. The van der Waals surface area contributed by atoms with Crippen LogP contribution in [0.5, 0.6) is 0 Å². The van der Waals surface area contributed by atoms with E-state index in [1.165, 1.54) is 44.9 Å². The van der Waals surface area contributed by atoms with Crippen LogP contribution in [0.25, 0.3) is 0 Å². The maximum Gasteiger partial charge on any atom is 0.302 e. The molecule has 4 aliphatic carbocycles. The Morgan fingerprint density at radius 1 is 1.03 bits per heavy atom. The molecule has 5 heteroatoms. The molecule has 0 heterocycles. The van der Waals surface area contributed by atoms with Crippen LogP contribution in [0.2, 0.25) is 0 Å². The molecular weight excluding hydrogens is 400 g/mol. The molecule has 0 bridgehead atoms. The molecule has 0 unspecified atom stereocenters. The summed E-state index contributed by atoms with van der Waals surface area (Å²) in [5, 5.41) is 0.623. The fraction of sp³-hybridized carbons (Fsp3) is 0.917. The SMILES string of the molecule is CCOC(=S)S[C@@H]1CC[C@H]2[C@@H]3CC[C@H]4C[C@@H](OC(C)=O)CC[C@]4(C)[C@H]3CC[C@]12C. The van der Waals surface area contributed by atoms with Gasteiger partial charge in [-0.05, 0) is 111 Å². The van der Waals surface area contributed by atoms with Gasteiger partial charge in [-0.25, -0.2) is 0 Å². The number of fused-ring (bicyclic) bond motifs is 5. The monoisotopic (exact) mass is 438 g/mol. The lowest BCUT2D eigenvalue weighted by Gasteiger charge is -2.61. The van der Waals surface area contributed by atoms with Crippen LogP contribution < -0.4 is 0 Å². The molecule has 164 valence electrons. The lowest BCUT2D eigenvalue weighted by molar-refractivity contribution is -0.159.